The monoisotopic (exact) mass is 244 g/mol. The van der Waals surface area contributed by atoms with Crippen molar-refractivity contribution in [2.45, 2.75) is 12.8 Å². The summed E-state index contributed by atoms with van der Waals surface area (Å²) in [6.45, 7) is 5.84. The third-order valence-electron chi connectivity index (χ3n) is 3.63. The molecule has 96 valence electrons. The van der Waals surface area contributed by atoms with Crippen molar-refractivity contribution in [2.24, 2.45) is 0 Å². The number of benzene rings is 1. The highest BCUT2D eigenvalue weighted by atomic mass is 15.1. The van der Waals surface area contributed by atoms with Crippen molar-refractivity contribution in [3.63, 3.8) is 0 Å². The standard InChI is InChI=1S/C14H20N4/c1-5-15-6-9-18(7-1)8-4-12-2-3-13-14(10-12)17-11-16-13/h2-3,10-11,15H,1,4-9H2,(H,16,17). The lowest BCUT2D eigenvalue weighted by Crippen LogP contribution is -2.30. The number of imidazole rings is 1. The summed E-state index contributed by atoms with van der Waals surface area (Å²) in [7, 11) is 0. The largest absolute Gasteiger partial charge is 0.345 e. The number of hydrogen-bond donors (Lipinski definition) is 2. The second kappa shape index (κ2) is 5.50. The van der Waals surface area contributed by atoms with E-state index in [9.17, 15) is 0 Å². The van der Waals surface area contributed by atoms with Crippen molar-refractivity contribution < 1.29 is 0 Å². The third-order valence-corrected chi connectivity index (χ3v) is 3.63. The fraction of sp³-hybridized carbons (Fsp3) is 0.500. The van der Waals surface area contributed by atoms with Crippen molar-refractivity contribution in [2.75, 3.05) is 32.7 Å². The van der Waals surface area contributed by atoms with Crippen molar-refractivity contribution in [1.29, 1.82) is 0 Å². The topological polar surface area (TPSA) is 44.0 Å². The van der Waals surface area contributed by atoms with E-state index in [0.717, 1.165) is 37.1 Å². The third kappa shape index (κ3) is 2.71. The molecule has 0 saturated carbocycles. The van der Waals surface area contributed by atoms with E-state index < -0.39 is 0 Å². The zero-order valence-electron chi connectivity index (χ0n) is 10.7. The predicted molar refractivity (Wildman–Crippen MR) is 73.7 cm³/mol. The fourth-order valence-electron chi connectivity index (χ4n) is 2.55. The Bertz CT molecular complexity index is 497. The number of nitrogens with zero attached hydrogens (tertiary/aromatic N) is 2. The van der Waals surface area contributed by atoms with Crippen LogP contribution in [0.2, 0.25) is 0 Å². The van der Waals surface area contributed by atoms with Gasteiger partial charge in [0, 0.05) is 19.6 Å². The Morgan fingerprint density at radius 1 is 1.22 bits per heavy atom. The number of aromatic amines is 1. The molecule has 2 N–H and O–H groups in total. The Morgan fingerprint density at radius 3 is 3.22 bits per heavy atom. The van der Waals surface area contributed by atoms with E-state index in [1.807, 2.05) is 0 Å². The van der Waals surface area contributed by atoms with E-state index in [2.05, 4.69) is 38.4 Å². The molecule has 1 aliphatic heterocycles. The van der Waals surface area contributed by atoms with E-state index in [1.165, 1.54) is 25.1 Å². The number of hydrogen-bond acceptors (Lipinski definition) is 3. The van der Waals surface area contributed by atoms with Crippen LogP contribution < -0.4 is 5.32 Å². The molecule has 18 heavy (non-hydrogen) atoms. The van der Waals surface area contributed by atoms with Crippen molar-refractivity contribution in [3.8, 4) is 0 Å². The molecule has 1 aromatic heterocycles. The van der Waals surface area contributed by atoms with Gasteiger partial charge in [-0.05, 0) is 43.6 Å². The smallest absolute Gasteiger partial charge is 0.0931 e. The number of fused-ring (bicyclic) bond motifs is 1. The van der Waals surface area contributed by atoms with E-state index in [1.54, 1.807) is 6.33 Å². The van der Waals surface area contributed by atoms with E-state index in [4.69, 9.17) is 0 Å². The molecule has 1 aromatic carbocycles. The van der Waals surface area contributed by atoms with Crippen LogP contribution in [0.15, 0.2) is 24.5 Å². The number of aromatic nitrogens is 2. The minimum absolute atomic E-state index is 1.05. The Balaban J connectivity index is 1.61. The Hall–Kier alpha value is -1.39. The molecule has 0 atom stereocenters. The summed E-state index contributed by atoms with van der Waals surface area (Å²) in [5.74, 6) is 0. The van der Waals surface area contributed by atoms with Crippen molar-refractivity contribution in [3.05, 3.63) is 30.1 Å². The van der Waals surface area contributed by atoms with Crippen molar-refractivity contribution in [1.82, 2.24) is 20.2 Å². The van der Waals surface area contributed by atoms with Crippen LogP contribution in [0.4, 0.5) is 0 Å². The molecule has 4 heteroatoms. The van der Waals surface area contributed by atoms with Crippen molar-refractivity contribution >= 4 is 11.0 Å². The highest BCUT2D eigenvalue weighted by Crippen LogP contribution is 2.12. The minimum atomic E-state index is 1.05. The first kappa shape index (κ1) is 11.7. The van der Waals surface area contributed by atoms with Gasteiger partial charge in [-0.2, -0.15) is 0 Å². The van der Waals surface area contributed by atoms with Gasteiger partial charge < -0.3 is 15.2 Å². The average molecular weight is 244 g/mol. The molecule has 0 bridgehead atoms. The van der Waals surface area contributed by atoms with Crippen LogP contribution in [0.25, 0.3) is 11.0 Å². The molecule has 0 radical (unpaired) electrons. The van der Waals surface area contributed by atoms with E-state index in [0.29, 0.717) is 0 Å². The summed E-state index contributed by atoms with van der Waals surface area (Å²) in [4.78, 5) is 9.97. The number of rotatable bonds is 3. The van der Waals surface area contributed by atoms with Gasteiger partial charge in [0.25, 0.3) is 0 Å². The first-order valence-corrected chi connectivity index (χ1v) is 6.77. The summed E-state index contributed by atoms with van der Waals surface area (Å²) in [5, 5.41) is 3.44. The Morgan fingerprint density at radius 2 is 2.22 bits per heavy atom. The predicted octanol–water partition coefficient (Wildman–Crippen LogP) is 1.40. The molecule has 0 amide bonds. The zero-order valence-corrected chi connectivity index (χ0v) is 10.7. The Kier molecular flexibility index (Phi) is 3.57. The van der Waals surface area contributed by atoms with Crippen LogP contribution >= 0.6 is 0 Å². The SMILES string of the molecule is c1nc2ccc(CCN3CCCNCC3)cc2[nH]1. The molecule has 0 spiro atoms. The molecule has 4 nitrogen and oxygen atoms in total. The molecule has 0 aliphatic carbocycles. The van der Waals surface area contributed by atoms with Gasteiger partial charge in [0.05, 0.1) is 17.4 Å². The molecular weight excluding hydrogens is 224 g/mol. The summed E-state index contributed by atoms with van der Waals surface area (Å²) in [5.41, 5.74) is 3.59. The summed E-state index contributed by atoms with van der Waals surface area (Å²) < 4.78 is 0. The normalized spacial score (nSPS) is 18.0. The molecule has 3 rings (SSSR count). The molecule has 1 aliphatic rings. The van der Waals surface area contributed by atoms with Gasteiger partial charge in [-0.15, -0.1) is 0 Å². The van der Waals surface area contributed by atoms with E-state index >= 15 is 0 Å². The molecule has 0 unspecified atom stereocenters. The van der Waals surface area contributed by atoms with Gasteiger partial charge in [0.1, 0.15) is 0 Å². The number of nitrogens with one attached hydrogen (secondary N) is 2. The Labute approximate surface area is 107 Å². The first-order valence-electron chi connectivity index (χ1n) is 6.77. The number of H-pyrrole nitrogens is 1. The first-order chi connectivity index (χ1) is 8.92. The van der Waals surface area contributed by atoms with Crippen LogP contribution in [-0.2, 0) is 6.42 Å². The highest BCUT2D eigenvalue weighted by molar-refractivity contribution is 5.75. The van der Waals surface area contributed by atoms with Crippen LogP contribution in [0, 0.1) is 0 Å². The lowest BCUT2D eigenvalue weighted by molar-refractivity contribution is 0.296. The fourth-order valence-corrected chi connectivity index (χ4v) is 2.55. The van der Waals surface area contributed by atoms with Crippen LogP contribution in [0.1, 0.15) is 12.0 Å². The lowest BCUT2D eigenvalue weighted by Gasteiger charge is -2.19. The van der Waals surface area contributed by atoms with E-state index in [-0.39, 0.29) is 0 Å². The maximum absolute atomic E-state index is 4.25. The van der Waals surface area contributed by atoms with Crippen LogP contribution in [0.5, 0.6) is 0 Å². The van der Waals surface area contributed by atoms with Crippen LogP contribution in [0.3, 0.4) is 0 Å². The maximum atomic E-state index is 4.25. The molecule has 1 fully saturated rings. The van der Waals surface area contributed by atoms with Gasteiger partial charge in [-0.25, -0.2) is 4.98 Å². The van der Waals surface area contributed by atoms with Gasteiger partial charge in [-0.1, -0.05) is 6.07 Å². The minimum Gasteiger partial charge on any atom is -0.345 e. The van der Waals surface area contributed by atoms with Gasteiger partial charge in [0.15, 0.2) is 0 Å². The lowest BCUT2D eigenvalue weighted by atomic mass is 10.1. The molecule has 1 saturated heterocycles. The van der Waals surface area contributed by atoms with Gasteiger partial charge in [-0.3, -0.25) is 0 Å². The maximum Gasteiger partial charge on any atom is 0.0931 e. The average Bonchev–Trinajstić information content (AvgIpc) is 2.70. The highest BCUT2D eigenvalue weighted by Gasteiger charge is 2.08. The molecule has 2 aromatic rings. The summed E-state index contributed by atoms with van der Waals surface area (Å²) in [6.07, 6.45) is 4.14. The summed E-state index contributed by atoms with van der Waals surface area (Å²) in [6, 6.07) is 6.52. The molecule has 2 heterocycles. The second-order valence-corrected chi connectivity index (χ2v) is 4.95. The quantitative estimate of drug-likeness (QED) is 0.858. The van der Waals surface area contributed by atoms with Crippen LogP contribution in [-0.4, -0.2) is 47.6 Å². The van der Waals surface area contributed by atoms with Gasteiger partial charge >= 0.3 is 0 Å². The van der Waals surface area contributed by atoms with Gasteiger partial charge in [0.2, 0.25) is 0 Å². The molecular formula is C14H20N4. The zero-order chi connectivity index (χ0) is 12.2. The summed E-state index contributed by atoms with van der Waals surface area (Å²) >= 11 is 0. The second-order valence-electron chi connectivity index (χ2n) is 4.95.